The van der Waals surface area contributed by atoms with Crippen LogP contribution in [0.4, 0.5) is 0 Å². The van der Waals surface area contributed by atoms with Gasteiger partial charge in [-0.3, -0.25) is 19.4 Å². The highest BCUT2D eigenvalue weighted by molar-refractivity contribution is 5.92. The highest BCUT2D eigenvalue weighted by Gasteiger charge is 2.34. The summed E-state index contributed by atoms with van der Waals surface area (Å²) in [6.45, 7) is -0.558. The van der Waals surface area contributed by atoms with Gasteiger partial charge in [0.15, 0.2) is 5.96 Å². The number of carboxylic acids is 1. The molecular formula is C16H29N7O6. The lowest BCUT2D eigenvalue weighted by Gasteiger charge is -2.23. The number of carbonyl (C=O) groups is 4. The number of aliphatic hydroxyl groups excluding tert-OH is 1. The fourth-order valence-electron chi connectivity index (χ4n) is 2.83. The minimum absolute atomic E-state index is 0.0711. The Labute approximate surface area is 167 Å². The van der Waals surface area contributed by atoms with Gasteiger partial charge in [-0.05, 0) is 25.7 Å². The van der Waals surface area contributed by atoms with Gasteiger partial charge in [-0.2, -0.15) is 0 Å². The summed E-state index contributed by atoms with van der Waals surface area (Å²) in [5.74, 6) is -3.16. The Balaban J connectivity index is 2.46. The molecule has 0 aromatic carbocycles. The zero-order chi connectivity index (χ0) is 22.0. The SMILES string of the molecule is NC(N)=NCCCC(N)C(=O)NC(CO)C(=O)NCC(=O)N1CCCC1C(=O)O. The molecule has 1 saturated heterocycles. The van der Waals surface area contributed by atoms with Crippen LogP contribution in [0.25, 0.3) is 0 Å². The summed E-state index contributed by atoms with van der Waals surface area (Å²) in [5, 5.41) is 23.1. The molecule has 0 aliphatic carbocycles. The van der Waals surface area contributed by atoms with E-state index >= 15 is 0 Å². The van der Waals surface area contributed by atoms with Gasteiger partial charge in [0.05, 0.1) is 19.2 Å². The second-order valence-corrected chi connectivity index (χ2v) is 6.60. The highest BCUT2D eigenvalue weighted by Crippen LogP contribution is 2.17. The minimum atomic E-state index is -1.30. The molecule has 3 amide bonds. The van der Waals surface area contributed by atoms with Gasteiger partial charge in [0.25, 0.3) is 0 Å². The molecule has 1 aliphatic heterocycles. The molecule has 164 valence electrons. The van der Waals surface area contributed by atoms with E-state index in [-0.39, 0.29) is 12.4 Å². The van der Waals surface area contributed by atoms with Crippen LogP contribution in [0.1, 0.15) is 25.7 Å². The molecule has 1 rings (SSSR count). The van der Waals surface area contributed by atoms with E-state index in [1.165, 1.54) is 4.90 Å². The molecule has 0 aromatic heterocycles. The van der Waals surface area contributed by atoms with Crippen LogP contribution >= 0.6 is 0 Å². The van der Waals surface area contributed by atoms with Crippen LogP contribution in [0.2, 0.25) is 0 Å². The van der Waals surface area contributed by atoms with Gasteiger partial charge in [-0.1, -0.05) is 0 Å². The monoisotopic (exact) mass is 415 g/mol. The van der Waals surface area contributed by atoms with Gasteiger partial charge in [-0.15, -0.1) is 0 Å². The van der Waals surface area contributed by atoms with Crippen LogP contribution in [0.5, 0.6) is 0 Å². The average molecular weight is 415 g/mol. The molecule has 0 spiro atoms. The summed E-state index contributed by atoms with van der Waals surface area (Å²) >= 11 is 0. The minimum Gasteiger partial charge on any atom is -0.480 e. The van der Waals surface area contributed by atoms with E-state index in [4.69, 9.17) is 22.3 Å². The summed E-state index contributed by atoms with van der Waals surface area (Å²) in [5.41, 5.74) is 16.1. The fourth-order valence-corrected chi connectivity index (χ4v) is 2.83. The number of hydrogen-bond acceptors (Lipinski definition) is 7. The topological polar surface area (TPSA) is 226 Å². The molecule has 1 fully saturated rings. The number of likely N-dealkylation sites (tertiary alicyclic amines) is 1. The Kier molecular flexibility index (Phi) is 9.82. The molecule has 1 aliphatic rings. The summed E-state index contributed by atoms with van der Waals surface area (Å²) < 4.78 is 0. The Morgan fingerprint density at radius 2 is 1.90 bits per heavy atom. The van der Waals surface area contributed by atoms with Gasteiger partial charge >= 0.3 is 5.97 Å². The molecule has 1 heterocycles. The predicted octanol–water partition coefficient (Wildman–Crippen LogP) is -3.96. The molecule has 3 atom stereocenters. The number of carboxylic acid groups (broad SMARTS) is 1. The van der Waals surface area contributed by atoms with E-state index in [1.54, 1.807) is 0 Å². The van der Waals surface area contributed by atoms with Crippen LogP contribution in [-0.4, -0.2) is 89.1 Å². The van der Waals surface area contributed by atoms with Crippen molar-refractivity contribution in [1.29, 1.82) is 0 Å². The number of rotatable bonds is 11. The van der Waals surface area contributed by atoms with Crippen LogP contribution in [0.3, 0.4) is 0 Å². The lowest BCUT2D eigenvalue weighted by Crippen LogP contribution is -2.54. The Bertz CT molecular complexity index is 637. The quantitative estimate of drug-likeness (QED) is 0.0990. The van der Waals surface area contributed by atoms with Crippen molar-refractivity contribution in [2.45, 2.75) is 43.8 Å². The van der Waals surface area contributed by atoms with Crippen molar-refractivity contribution in [2.24, 2.45) is 22.2 Å². The third kappa shape index (κ3) is 7.91. The Hall–Kier alpha value is -2.93. The van der Waals surface area contributed by atoms with Crippen LogP contribution in [0.15, 0.2) is 4.99 Å². The first-order valence-corrected chi connectivity index (χ1v) is 9.19. The second-order valence-electron chi connectivity index (χ2n) is 6.60. The van der Waals surface area contributed by atoms with Crippen LogP contribution in [-0.2, 0) is 19.2 Å². The lowest BCUT2D eigenvalue weighted by molar-refractivity contribution is -0.148. The van der Waals surface area contributed by atoms with E-state index in [2.05, 4.69) is 15.6 Å². The van der Waals surface area contributed by atoms with Gasteiger partial charge in [0.1, 0.15) is 12.1 Å². The summed E-state index contributed by atoms with van der Waals surface area (Å²) in [6, 6.07) is -3.15. The van der Waals surface area contributed by atoms with Crippen molar-refractivity contribution < 1.29 is 29.4 Å². The number of amides is 3. The molecule has 3 unspecified atom stereocenters. The van der Waals surface area contributed by atoms with Crippen LogP contribution in [0, 0.1) is 0 Å². The highest BCUT2D eigenvalue weighted by atomic mass is 16.4. The zero-order valence-electron chi connectivity index (χ0n) is 16.0. The van der Waals surface area contributed by atoms with E-state index in [9.17, 15) is 24.3 Å². The third-order valence-corrected chi connectivity index (χ3v) is 4.39. The summed E-state index contributed by atoms with van der Waals surface area (Å²) in [6.07, 6.45) is 1.61. The third-order valence-electron chi connectivity index (χ3n) is 4.39. The maximum Gasteiger partial charge on any atom is 0.326 e. The maximum absolute atomic E-state index is 12.2. The van der Waals surface area contributed by atoms with Gasteiger partial charge in [0.2, 0.25) is 17.7 Å². The zero-order valence-corrected chi connectivity index (χ0v) is 16.0. The van der Waals surface area contributed by atoms with Gasteiger partial charge in [-0.25, -0.2) is 4.79 Å². The summed E-state index contributed by atoms with van der Waals surface area (Å²) in [7, 11) is 0. The molecule has 0 radical (unpaired) electrons. The lowest BCUT2D eigenvalue weighted by atomic mass is 10.1. The Morgan fingerprint density at radius 1 is 1.21 bits per heavy atom. The molecular weight excluding hydrogens is 386 g/mol. The number of nitrogens with zero attached hydrogens (tertiary/aromatic N) is 2. The van der Waals surface area contributed by atoms with Gasteiger partial charge in [0, 0.05) is 13.1 Å². The predicted molar refractivity (Wildman–Crippen MR) is 102 cm³/mol. The molecule has 0 aromatic rings. The molecule has 10 N–H and O–H groups in total. The molecule has 29 heavy (non-hydrogen) atoms. The maximum atomic E-state index is 12.2. The number of nitrogens with two attached hydrogens (primary N) is 3. The molecule has 0 saturated carbocycles. The van der Waals surface area contributed by atoms with Crippen molar-refractivity contribution in [3.63, 3.8) is 0 Å². The normalized spacial score (nSPS) is 17.9. The van der Waals surface area contributed by atoms with Crippen molar-refractivity contribution in [3.05, 3.63) is 0 Å². The summed E-state index contributed by atoms with van der Waals surface area (Å²) in [4.78, 5) is 52.4. The number of carbonyl (C=O) groups excluding carboxylic acids is 3. The van der Waals surface area contributed by atoms with Crippen molar-refractivity contribution in [1.82, 2.24) is 15.5 Å². The second kappa shape index (κ2) is 11.8. The van der Waals surface area contributed by atoms with Gasteiger partial charge < -0.3 is 42.9 Å². The van der Waals surface area contributed by atoms with E-state index in [1.807, 2.05) is 0 Å². The number of guanidine groups is 1. The number of nitrogens with one attached hydrogen (secondary N) is 2. The number of aliphatic carboxylic acids is 1. The molecule has 13 nitrogen and oxygen atoms in total. The fraction of sp³-hybridized carbons (Fsp3) is 0.688. The Morgan fingerprint density at radius 3 is 2.48 bits per heavy atom. The molecule has 0 bridgehead atoms. The number of aliphatic imine (C=N–C) groups is 1. The molecule has 13 heteroatoms. The van der Waals surface area contributed by atoms with Crippen LogP contribution < -0.4 is 27.8 Å². The van der Waals surface area contributed by atoms with Crippen molar-refractivity contribution in [2.75, 3.05) is 26.2 Å². The van der Waals surface area contributed by atoms with E-state index < -0.39 is 55.0 Å². The smallest absolute Gasteiger partial charge is 0.326 e. The first-order valence-electron chi connectivity index (χ1n) is 9.19. The van der Waals surface area contributed by atoms with Crippen molar-refractivity contribution in [3.8, 4) is 0 Å². The van der Waals surface area contributed by atoms with E-state index in [0.29, 0.717) is 32.4 Å². The van der Waals surface area contributed by atoms with Crippen molar-refractivity contribution >= 4 is 29.7 Å². The van der Waals surface area contributed by atoms with E-state index in [0.717, 1.165) is 0 Å². The standard InChI is InChI=1S/C16H29N7O6/c17-9(3-1-5-20-16(18)19)13(26)22-10(8-24)14(27)21-7-12(25)23-6-2-4-11(23)15(28)29/h9-11,24H,1-8,17H2,(H,21,27)(H,22,26)(H,28,29)(H4,18,19,20). The number of hydrogen-bond donors (Lipinski definition) is 7. The largest absolute Gasteiger partial charge is 0.480 e. The first kappa shape index (κ1) is 24.1. The number of aliphatic hydroxyl groups is 1. The average Bonchev–Trinajstić information content (AvgIpc) is 3.17. The first-order chi connectivity index (χ1) is 13.7.